The fourth-order valence-electron chi connectivity index (χ4n) is 2.56. The van der Waals surface area contributed by atoms with Gasteiger partial charge in [0, 0.05) is 12.2 Å². The molecule has 1 aliphatic heterocycles. The van der Waals surface area contributed by atoms with Crippen molar-refractivity contribution in [3.63, 3.8) is 0 Å². The summed E-state index contributed by atoms with van der Waals surface area (Å²) in [5.74, 6) is 0.896. The molecule has 3 rings (SSSR count). The van der Waals surface area contributed by atoms with E-state index >= 15 is 0 Å². The lowest BCUT2D eigenvalue weighted by molar-refractivity contribution is -0.146. The minimum Gasteiger partial charge on any atom is -0.493 e. The molecule has 1 aromatic carbocycles. The molecule has 2 aliphatic rings. The normalized spacial score (nSPS) is 19.0. The summed E-state index contributed by atoms with van der Waals surface area (Å²) in [5, 5.41) is 3.36. The first-order chi connectivity index (χ1) is 9.23. The smallest absolute Gasteiger partial charge is 0.313 e. The number of rotatable bonds is 4. The Labute approximate surface area is 113 Å². The Balaban J connectivity index is 1.66. The van der Waals surface area contributed by atoms with E-state index in [4.69, 9.17) is 9.47 Å². The third kappa shape index (κ3) is 2.39. The highest BCUT2D eigenvalue weighted by molar-refractivity contribution is 5.80. The molecule has 4 nitrogen and oxygen atoms in total. The van der Waals surface area contributed by atoms with Crippen molar-refractivity contribution in [2.24, 2.45) is 5.41 Å². The Bertz CT molecular complexity index is 494. The first-order valence-corrected chi connectivity index (χ1v) is 6.82. The third-order valence-corrected chi connectivity index (χ3v) is 4.01. The zero-order valence-corrected chi connectivity index (χ0v) is 11.2. The van der Waals surface area contributed by atoms with Crippen LogP contribution in [-0.4, -0.2) is 26.2 Å². The molecule has 0 amide bonds. The Hall–Kier alpha value is -1.71. The van der Waals surface area contributed by atoms with Gasteiger partial charge >= 0.3 is 5.97 Å². The van der Waals surface area contributed by atoms with E-state index in [-0.39, 0.29) is 11.4 Å². The number of aryl methyl sites for hydroxylation is 1. The molecular formula is C15H19NO3. The van der Waals surface area contributed by atoms with Crippen LogP contribution in [0.1, 0.15) is 24.8 Å². The molecule has 1 aliphatic carbocycles. The lowest BCUT2D eigenvalue weighted by Crippen LogP contribution is -2.26. The van der Waals surface area contributed by atoms with Crippen LogP contribution in [0.5, 0.6) is 5.75 Å². The molecule has 19 heavy (non-hydrogen) atoms. The lowest BCUT2D eigenvalue weighted by atomic mass is 10.0. The molecule has 1 fully saturated rings. The van der Waals surface area contributed by atoms with Crippen molar-refractivity contribution in [3.8, 4) is 5.75 Å². The molecule has 1 aromatic rings. The van der Waals surface area contributed by atoms with Gasteiger partial charge in [0.1, 0.15) is 5.75 Å². The number of fused-ring (bicyclic) bond motifs is 1. The molecule has 1 heterocycles. The largest absolute Gasteiger partial charge is 0.493 e. The van der Waals surface area contributed by atoms with Crippen LogP contribution < -0.4 is 10.1 Å². The van der Waals surface area contributed by atoms with Crippen LogP contribution in [0.2, 0.25) is 0 Å². The van der Waals surface area contributed by atoms with Gasteiger partial charge in [-0.2, -0.15) is 0 Å². The average molecular weight is 261 g/mol. The molecule has 0 radical (unpaired) electrons. The van der Waals surface area contributed by atoms with Crippen LogP contribution in [0.3, 0.4) is 0 Å². The molecule has 4 heteroatoms. The number of methoxy groups -OCH3 is 1. The summed E-state index contributed by atoms with van der Waals surface area (Å²) in [4.78, 5) is 11.7. The van der Waals surface area contributed by atoms with E-state index in [1.807, 2.05) is 12.1 Å². The lowest BCUT2D eigenvalue weighted by Gasteiger charge is -2.19. The van der Waals surface area contributed by atoms with Crippen molar-refractivity contribution in [1.29, 1.82) is 0 Å². The fraction of sp³-hybridized carbons (Fsp3) is 0.533. The van der Waals surface area contributed by atoms with Gasteiger partial charge in [-0.1, -0.05) is 0 Å². The van der Waals surface area contributed by atoms with E-state index in [9.17, 15) is 4.79 Å². The topological polar surface area (TPSA) is 47.6 Å². The second kappa shape index (κ2) is 4.76. The summed E-state index contributed by atoms with van der Waals surface area (Å²) >= 11 is 0. The minimum absolute atomic E-state index is 0.0960. The number of carbonyl (C=O) groups excluding carboxylic acids is 1. The van der Waals surface area contributed by atoms with Gasteiger partial charge in [-0.25, -0.2) is 0 Å². The number of nitrogens with one attached hydrogen (secondary N) is 1. The molecule has 0 unspecified atom stereocenters. The third-order valence-electron chi connectivity index (χ3n) is 4.01. The monoisotopic (exact) mass is 261 g/mol. The van der Waals surface area contributed by atoms with Gasteiger partial charge in [-0.05, 0) is 49.4 Å². The number of carbonyl (C=O) groups is 1. The van der Waals surface area contributed by atoms with E-state index in [0.717, 1.165) is 43.7 Å². The number of hydrogen-bond donors (Lipinski definition) is 1. The Kier molecular flexibility index (Phi) is 3.09. The molecule has 0 spiro atoms. The molecular weight excluding hydrogens is 242 g/mol. The summed E-state index contributed by atoms with van der Waals surface area (Å²) < 4.78 is 10.4. The highest BCUT2D eigenvalue weighted by Gasteiger charge is 2.50. The maximum atomic E-state index is 11.7. The van der Waals surface area contributed by atoms with Crippen molar-refractivity contribution in [3.05, 3.63) is 23.8 Å². The molecule has 1 saturated carbocycles. The van der Waals surface area contributed by atoms with Crippen LogP contribution >= 0.6 is 0 Å². The molecule has 0 bridgehead atoms. The first-order valence-electron chi connectivity index (χ1n) is 6.82. The van der Waals surface area contributed by atoms with Crippen molar-refractivity contribution in [1.82, 2.24) is 0 Å². The van der Waals surface area contributed by atoms with Crippen LogP contribution in [0.15, 0.2) is 18.2 Å². The summed E-state index contributed by atoms with van der Waals surface area (Å²) in [6, 6.07) is 6.15. The van der Waals surface area contributed by atoms with Crippen LogP contribution in [0.4, 0.5) is 5.69 Å². The quantitative estimate of drug-likeness (QED) is 0.845. The Morgan fingerprint density at radius 1 is 1.47 bits per heavy atom. The number of hydrogen-bond acceptors (Lipinski definition) is 4. The summed E-state index contributed by atoms with van der Waals surface area (Å²) in [5.41, 5.74) is 2.01. The minimum atomic E-state index is -0.291. The standard InChI is InChI=1S/C15H19NO3/c1-18-14(17)15(6-7-15)10-16-12-4-5-13-11(9-12)3-2-8-19-13/h4-5,9,16H,2-3,6-8,10H2,1H3. The maximum absolute atomic E-state index is 11.7. The van der Waals surface area contributed by atoms with E-state index < -0.39 is 0 Å². The van der Waals surface area contributed by atoms with Crippen LogP contribution in [0.25, 0.3) is 0 Å². The first kappa shape index (κ1) is 12.3. The van der Waals surface area contributed by atoms with Gasteiger partial charge in [0.25, 0.3) is 0 Å². The van der Waals surface area contributed by atoms with Crippen LogP contribution in [-0.2, 0) is 16.0 Å². The number of benzene rings is 1. The second-order valence-electron chi connectivity index (χ2n) is 5.40. The average Bonchev–Trinajstić information content (AvgIpc) is 3.25. The SMILES string of the molecule is COC(=O)C1(CNc2ccc3c(c2)CCCO3)CC1. The molecule has 1 N–H and O–H groups in total. The van der Waals surface area contributed by atoms with Gasteiger partial charge in [0.05, 0.1) is 19.1 Å². The Morgan fingerprint density at radius 3 is 3.05 bits per heavy atom. The van der Waals surface area contributed by atoms with Crippen molar-refractivity contribution in [2.45, 2.75) is 25.7 Å². The van der Waals surface area contributed by atoms with E-state index in [1.54, 1.807) is 0 Å². The van der Waals surface area contributed by atoms with Crippen molar-refractivity contribution in [2.75, 3.05) is 25.6 Å². The van der Waals surface area contributed by atoms with Gasteiger partial charge in [-0.15, -0.1) is 0 Å². The zero-order valence-electron chi connectivity index (χ0n) is 11.2. The number of anilines is 1. The zero-order chi connectivity index (χ0) is 13.3. The molecule has 0 aromatic heterocycles. The summed E-state index contributed by atoms with van der Waals surface area (Å²) in [6.07, 6.45) is 3.97. The molecule has 0 saturated heterocycles. The summed E-state index contributed by atoms with van der Waals surface area (Å²) in [7, 11) is 1.46. The Morgan fingerprint density at radius 2 is 2.32 bits per heavy atom. The van der Waals surface area contributed by atoms with E-state index in [0.29, 0.717) is 6.54 Å². The van der Waals surface area contributed by atoms with Gasteiger partial charge in [-0.3, -0.25) is 4.79 Å². The second-order valence-corrected chi connectivity index (χ2v) is 5.40. The highest BCUT2D eigenvalue weighted by atomic mass is 16.5. The fourth-order valence-corrected chi connectivity index (χ4v) is 2.56. The van der Waals surface area contributed by atoms with Crippen LogP contribution in [0, 0.1) is 5.41 Å². The number of esters is 1. The van der Waals surface area contributed by atoms with Crippen molar-refractivity contribution >= 4 is 11.7 Å². The van der Waals surface area contributed by atoms with Gasteiger partial charge < -0.3 is 14.8 Å². The van der Waals surface area contributed by atoms with Crippen molar-refractivity contribution < 1.29 is 14.3 Å². The van der Waals surface area contributed by atoms with Gasteiger partial charge in [0.2, 0.25) is 0 Å². The predicted octanol–water partition coefficient (Wildman–Crippen LogP) is 2.38. The summed E-state index contributed by atoms with van der Waals surface area (Å²) in [6.45, 7) is 1.46. The van der Waals surface area contributed by atoms with E-state index in [2.05, 4.69) is 11.4 Å². The highest BCUT2D eigenvalue weighted by Crippen LogP contribution is 2.46. The molecule has 102 valence electrons. The number of ether oxygens (including phenoxy) is 2. The maximum Gasteiger partial charge on any atom is 0.313 e. The van der Waals surface area contributed by atoms with Gasteiger partial charge in [0.15, 0.2) is 0 Å². The predicted molar refractivity (Wildman–Crippen MR) is 72.4 cm³/mol. The molecule has 0 atom stereocenters. The van der Waals surface area contributed by atoms with E-state index in [1.165, 1.54) is 12.7 Å².